The molecule has 3 rings (SSSR count). The van der Waals surface area contributed by atoms with Crippen LogP contribution < -0.4 is 5.73 Å². The Kier molecular flexibility index (Phi) is 3.25. The fraction of sp³-hybridized carbons (Fsp3) is 0.538. The summed E-state index contributed by atoms with van der Waals surface area (Å²) in [6.45, 7) is 2.28. The molecule has 2 aromatic heterocycles. The van der Waals surface area contributed by atoms with Gasteiger partial charge in [-0.05, 0) is 36.5 Å². The SMILES string of the molecule is NCc1ccn2c(CC3CCCOC3)nnc2c1. The van der Waals surface area contributed by atoms with Gasteiger partial charge in [0.05, 0.1) is 0 Å². The Morgan fingerprint density at radius 2 is 2.39 bits per heavy atom. The third-order valence-electron chi connectivity index (χ3n) is 3.51. The maximum absolute atomic E-state index is 5.62. The van der Waals surface area contributed by atoms with E-state index in [0.717, 1.165) is 43.1 Å². The summed E-state index contributed by atoms with van der Waals surface area (Å²) in [4.78, 5) is 0. The molecule has 1 fully saturated rings. The summed E-state index contributed by atoms with van der Waals surface area (Å²) in [7, 11) is 0. The summed E-state index contributed by atoms with van der Waals surface area (Å²) >= 11 is 0. The molecule has 18 heavy (non-hydrogen) atoms. The van der Waals surface area contributed by atoms with Crippen molar-refractivity contribution in [2.75, 3.05) is 13.2 Å². The Hall–Kier alpha value is -1.46. The zero-order valence-electron chi connectivity index (χ0n) is 10.4. The number of fused-ring (bicyclic) bond motifs is 1. The van der Waals surface area contributed by atoms with E-state index in [1.54, 1.807) is 0 Å². The van der Waals surface area contributed by atoms with Crippen LogP contribution in [0.1, 0.15) is 24.2 Å². The van der Waals surface area contributed by atoms with Crippen LogP contribution in [0.25, 0.3) is 5.65 Å². The maximum atomic E-state index is 5.62. The highest BCUT2D eigenvalue weighted by Gasteiger charge is 2.17. The molecule has 1 aliphatic heterocycles. The number of rotatable bonds is 3. The van der Waals surface area contributed by atoms with Crippen molar-refractivity contribution in [2.24, 2.45) is 11.7 Å². The molecule has 1 atom stereocenters. The molecule has 0 bridgehead atoms. The number of hydrogen-bond acceptors (Lipinski definition) is 4. The lowest BCUT2D eigenvalue weighted by Crippen LogP contribution is -2.20. The second-order valence-electron chi connectivity index (χ2n) is 4.87. The van der Waals surface area contributed by atoms with Crippen molar-refractivity contribution >= 4 is 5.65 Å². The van der Waals surface area contributed by atoms with Crippen LogP contribution in [-0.2, 0) is 17.7 Å². The van der Waals surface area contributed by atoms with Gasteiger partial charge in [-0.1, -0.05) is 0 Å². The highest BCUT2D eigenvalue weighted by Crippen LogP contribution is 2.18. The largest absolute Gasteiger partial charge is 0.381 e. The second kappa shape index (κ2) is 5.04. The van der Waals surface area contributed by atoms with Gasteiger partial charge in [-0.2, -0.15) is 0 Å². The van der Waals surface area contributed by atoms with Gasteiger partial charge >= 0.3 is 0 Å². The molecular weight excluding hydrogens is 228 g/mol. The van der Waals surface area contributed by atoms with Crippen LogP contribution in [0.5, 0.6) is 0 Å². The van der Waals surface area contributed by atoms with Crippen molar-refractivity contribution in [2.45, 2.75) is 25.8 Å². The van der Waals surface area contributed by atoms with Crippen molar-refractivity contribution < 1.29 is 4.74 Å². The van der Waals surface area contributed by atoms with Crippen molar-refractivity contribution in [1.82, 2.24) is 14.6 Å². The molecule has 0 saturated carbocycles. The molecule has 0 spiro atoms. The Labute approximate surface area is 106 Å². The van der Waals surface area contributed by atoms with Gasteiger partial charge < -0.3 is 10.5 Å². The van der Waals surface area contributed by atoms with Crippen LogP contribution in [0.2, 0.25) is 0 Å². The van der Waals surface area contributed by atoms with Crippen LogP contribution in [0.3, 0.4) is 0 Å². The lowest BCUT2D eigenvalue weighted by molar-refractivity contribution is 0.0542. The van der Waals surface area contributed by atoms with E-state index < -0.39 is 0 Å². The standard InChI is InChI=1S/C13H18N4O/c14-8-10-3-4-17-12(6-10)15-16-13(17)7-11-2-1-5-18-9-11/h3-4,6,11H,1-2,5,7-9,14H2. The number of hydrogen-bond donors (Lipinski definition) is 1. The van der Waals surface area contributed by atoms with E-state index in [-0.39, 0.29) is 0 Å². The van der Waals surface area contributed by atoms with Crippen LogP contribution in [-0.4, -0.2) is 27.8 Å². The van der Waals surface area contributed by atoms with Gasteiger partial charge in [0.15, 0.2) is 5.65 Å². The van der Waals surface area contributed by atoms with Crippen molar-refractivity contribution in [1.29, 1.82) is 0 Å². The van der Waals surface area contributed by atoms with Crippen LogP contribution in [0, 0.1) is 5.92 Å². The molecule has 0 amide bonds. The minimum absolute atomic E-state index is 0.537. The van der Waals surface area contributed by atoms with Crippen LogP contribution in [0.4, 0.5) is 0 Å². The predicted molar refractivity (Wildman–Crippen MR) is 68.1 cm³/mol. The van der Waals surface area contributed by atoms with E-state index in [1.807, 2.05) is 22.7 Å². The third kappa shape index (κ3) is 2.23. The monoisotopic (exact) mass is 246 g/mol. The first kappa shape index (κ1) is 11.6. The van der Waals surface area contributed by atoms with Gasteiger partial charge in [0.1, 0.15) is 5.82 Å². The van der Waals surface area contributed by atoms with Gasteiger partial charge in [0.2, 0.25) is 0 Å². The van der Waals surface area contributed by atoms with Crippen LogP contribution >= 0.6 is 0 Å². The predicted octanol–water partition coefficient (Wildman–Crippen LogP) is 1.16. The quantitative estimate of drug-likeness (QED) is 0.882. The summed E-state index contributed by atoms with van der Waals surface area (Å²) in [5.41, 5.74) is 7.59. The van der Waals surface area contributed by atoms with E-state index >= 15 is 0 Å². The average molecular weight is 246 g/mol. The van der Waals surface area contributed by atoms with Crippen molar-refractivity contribution in [3.8, 4) is 0 Å². The third-order valence-corrected chi connectivity index (χ3v) is 3.51. The number of pyridine rings is 1. The summed E-state index contributed by atoms with van der Waals surface area (Å²) in [6.07, 6.45) is 5.31. The molecule has 0 aromatic carbocycles. The smallest absolute Gasteiger partial charge is 0.161 e. The van der Waals surface area contributed by atoms with E-state index in [0.29, 0.717) is 12.5 Å². The molecular formula is C13H18N4O. The van der Waals surface area contributed by atoms with Gasteiger partial charge in [-0.15, -0.1) is 10.2 Å². The minimum Gasteiger partial charge on any atom is -0.381 e. The zero-order valence-corrected chi connectivity index (χ0v) is 10.4. The molecule has 3 heterocycles. The summed E-state index contributed by atoms with van der Waals surface area (Å²) in [6, 6.07) is 4.02. The fourth-order valence-corrected chi connectivity index (χ4v) is 2.48. The lowest BCUT2D eigenvalue weighted by Gasteiger charge is -2.21. The number of aromatic nitrogens is 3. The molecule has 2 aromatic rings. The molecule has 0 radical (unpaired) electrons. The first-order valence-electron chi connectivity index (χ1n) is 6.47. The summed E-state index contributed by atoms with van der Waals surface area (Å²) < 4.78 is 7.55. The number of nitrogens with zero attached hydrogens (tertiary/aromatic N) is 3. The molecule has 1 saturated heterocycles. The van der Waals surface area contributed by atoms with E-state index in [2.05, 4.69) is 10.2 Å². The first-order chi connectivity index (χ1) is 8.86. The lowest BCUT2D eigenvalue weighted by atomic mass is 9.98. The van der Waals surface area contributed by atoms with Crippen molar-refractivity contribution in [3.05, 3.63) is 29.7 Å². The Bertz CT molecular complexity index is 531. The molecule has 5 heteroatoms. The van der Waals surface area contributed by atoms with Crippen LogP contribution in [0.15, 0.2) is 18.3 Å². The van der Waals surface area contributed by atoms with Gasteiger partial charge in [0, 0.05) is 32.4 Å². The van der Waals surface area contributed by atoms with E-state index in [1.165, 1.54) is 6.42 Å². The van der Waals surface area contributed by atoms with Gasteiger partial charge in [0.25, 0.3) is 0 Å². The molecule has 0 aliphatic carbocycles. The Morgan fingerprint density at radius 3 is 3.17 bits per heavy atom. The molecule has 1 aliphatic rings. The summed E-state index contributed by atoms with van der Waals surface area (Å²) in [5, 5.41) is 8.49. The average Bonchev–Trinajstić information content (AvgIpc) is 2.82. The number of ether oxygens (including phenoxy) is 1. The second-order valence-corrected chi connectivity index (χ2v) is 4.87. The Morgan fingerprint density at radius 1 is 1.44 bits per heavy atom. The van der Waals surface area contributed by atoms with E-state index in [4.69, 9.17) is 10.5 Å². The normalized spacial score (nSPS) is 20.4. The highest BCUT2D eigenvalue weighted by molar-refractivity contribution is 5.41. The molecule has 2 N–H and O–H groups in total. The maximum Gasteiger partial charge on any atom is 0.161 e. The number of nitrogens with two attached hydrogens (primary N) is 1. The highest BCUT2D eigenvalue weighted by atomic mass is 16.5. The molecule has 96 valence electrons. The van der Waals surface area contributed by atoms with Gasteiger partial charge in [-0.3, -0.25) is 4.40 Å². The summed E-state index contributed by atoms with van der Waals surface area (Å²) in [5.74, 6) is 1.59. The Balaban J connectivity index is 1.83. The topological polar surface area (TPSA) is 65.4 Å². The van der Waals surface area contributed by atoms with Gasteiger partial charge in [-0.25, -0.2) is 0 Å². The first-order valence-corrected chi connectivity index (χ1v) is 6.47. The fourth-order valence-electron chi connectivity index (χ4n) is 2.48. The molecule has 1 unspecified atom stereocenters. The zero-order chi connectivity index (χ0) is 12.4. The minimum atomic E-state index is 0.537. The van der Waals surface area contributed by atoms with E-state index in [9.17, 15) is 0 Å². The molecule has 5 nitrogen and oxygen atoms in total. The van der Waals surface area contributed by atoms with Crippen molar-refractivity contribution in [3.63, 3.8) is 0 Å².